The molecule has 0 aromatic heterocycles. The minimum absolute atomic E-state index is 0.0196. The van der Waals surface area contributed by atoms with Crippen molar-refractivity contribution in [3.8, 4) is 0 Å². The molecule has 6 saturated heterocycles. The summed E-state index contributed by atoms with van der Waals surface area (Å²) >= 11 is 0. The number of carbonyl (C=O) groups excluding carboxylic acids is 1. The number of aliphatic hydroxyl groups excluding tert-OH is 18. The molecule has 10 fully saturated rings. The molecule has 0 radical (unpaired) electrons. The number of aliphatic hydroxyl groups is 19. The number of ether oxygens (including phenoxy) is 12. The van der Waals surface area contributed by atoms with Gasteiger partial charge >= 0.3 is 5.97 Å². The second-order valence-electron chi connectivity index (χ2n) is 31.1. The third-order valence-corrected chi connectivity index (χ3v) is 25.6. The molecule has 39 atom stereocenters. The lowest BCUT2D eigenvalue weighted by atomic mass is 9.33. The van der Waals surface area contributed by atoms with Crippen molar-refractivity contribution in [3.05, 3.63) is 11.6 Å². The highest BCUT2D eigenvalue weighted by molar-refractivity contribution is 5.79. The summed E-state index contributed by atoms with van der Waals surface area (Å²) < 4.78 is 71.3. The fraction of sp³-hybridized carbons (Fsp3) is 0.954. The van der Waals surface area contributed by atoms with Crippen molar-refractivity contribution in [1.29, 1.82) is 0 Å². The van der Waals surface area contributed by atoms with Crippen LogP contribution in [0.25, 0.3) is 0 Å². The van der Waals surface area contributed by atoms with E-state index < -0.39 is 250 Å². The summed E-state index contributed by atoms with van der Waals surface area (Å²) in [6.45, 7) is 12.8. The van der Waals surface area contributed by atoms with Crippen LogP contribution < -0.4 is 0 Å². The van der Waals surface area contributed by atoms with E-state index in [1.807, 2.05) is 6.92 Å². The van der Waals surface area contributed by atoms with Gasteiger partial charge in [-0.15, -0.1) is 0 Å². The molecule has 0 aromatic carbocycles. The topological polar surface area (TPSA) is 512 Å². The summed E-state index contributed by atoms with van der Waals surface area (Å²) in [4.78, 5) is 15.3. The van der Waals surface area contributed by atoms with Crippen molar-refractivity contribution in [2.24, 2.45) is 50.7 Å². The van der Waals surface area contributed by atoms with Crippen molar-refractivity contribution < 1.29 is 159 Å². The van der Waals surface area contributed by atoms with Crippen LogP contribution in [0, 0.1) is 50.7 Å². The number of rotatable bonds is 16. The van der Waals surface area contributed by atoms with E-state index in [0.29, 0.717) is 38.5 Å². The Balaban J connectivity index is 0.772. The van der Waals surface area contributed by atoms with Gasteiger partial charge in [0, 0.05) is 5.92 Å². The predicted molar refractivity (Wildman–Crippen MR) is 322 cm³/mol. The third kappa shape index (κ3) is 12.8. The maximum Gasteiger partial charge on any atom is 0.315 e. The van der Waals surface area contributed by atoms with Gasteiger partial charge in [-0.3, -0.25) is 4.79 Å². The maximum atomic E-state index is 15.3. The van der Waals surface area contributed by atoms with Crippen LogP contribution in [0.15, 0.2) is 11.6 Å². The van der Waals surface area contributed by atoms with Crippen LogP contribution in [0.4, 0.5) is 0 Å². The molecule has 19 N–H and O–H groups in total. The van der Waals surface area contributed by atoms with E-state index in [-0.39, 0.29) is 36.2 Å². The zero-order valence-electron chi connectivity index (χ0n) is 55.9. The molecule has 0 amide bonds. The first-order valence-electron chi connectivity index (χ1n) is 34.3. The monoisotopic (exact) mass is 1400 g/mol. The smallest absolute Gasteiger partial charge is 0.315 e. The normalized spacial score (nSPS) is 55.5. The van der Waals surface area contributed by atoms with Crippen LogP contribution in [0.2, 0.25) is 0 Å². The minimum Gasteiger partial charge on any atom is -0.432 e. The standard InChI is InChI=1S/C65H106O32/c1-24-11-16-65(59(84)97-56-46(81)42(77)39(74)31(92-56)23-87-53-44(79)40(75)37(72)28(19-66)89-53)18-17-62(6)26(52(65)64(24,8)85)9-10-33-61(5)14-13-34(60(3,4)32(61)12-15-63(33,62)7)93-58-51(36(71)27(69)22-86-58)96-57-48(83)50(35(70)25(2)88-57)95-55-47(82)43(78)49(30(21-68)91-55)94-54-45(80)41(76)38(73)29(20-67)90-54/h9,24-25,27-58,66-83,85H,10-23H2,1-8H3/t24-,25+,27+,28-,29-,30-,31-,32+,33-,34+,35+,36+,37-,38-,39-,40+,41+,42+,43-,44-,45-,46-,47-,48-,49-,50-,51-,52-,53-,54+,55+,56+,57+,58+,61+,62-,63-,64-,65+/m1/s1. The summed E-state index contributed by atoms with van der Waals surface area (Å²) in [5.41, 5.74) is -3.75. The maximum absolute atomic E-state index is 15.3. The first-order valence-corrected chi connectivity index (χ1v) is 34.3. The first kappa shape index (κ1) is 76.1. The molecule has 6 heterocycles. The number of hydrogen-bond acceptors (Lipinski definition) is 32. The molecule has 32 heteroatoms. The molecule has 0 spiro atoms. The van der Waals surface area contributed by atoms with Gasteiger partial charge in [-0.2, -0.15) is 0 Å². The van der Waals surface area contributed by atoms with E-state index >= 15 is 4.79 Å². The highest BCUT2D eigenvalue weighted by atomic mass is 16.8. The fourth-order valence-electron chi connectivity index (χ4n) is 19.3. The molecule has 11 aliphatic rings. The van der Waals surface area contributed by atoms with Gasteiger partial charge in [0.25, 0.3) is 0 Å². The van der Waals surface area contributed by atoms with E-state index in [1.54, 1.807) is 6.92 Å². The number of esters is 1. The Hall–Kier alpha value is -1.99. The van der Waals surface area contributed by atoms with Crippen LogP contribution in [0.1, 0.15) is 113 Å². The summed E-state index contributed by atoms with van der Waals surface area (Å²) in [5, 5.41) is 207. The summed E-state index contributed by atoms with van der Waals surface area (Å²) in [5.74, 6) is -1.72. The Morgan fingerprint density at radius 3 is 1.66 bits per heavy atom. The molecular weight excluding hydrogens is 1290 g/mol. The predicted octanol–water partition coefficient (Wildman–Crippen LogP) is -5.75. The molecule has 5 aliphatic carbocycles. The van der Waals surface area contributed by atoms with Gasteiger partial charge in [-0.25, -0.2) is 0 Å². The van der Waals surface area contributed by atoms with E-state index in [1.165, 1.54) is 6.92 Å². The van der Waals surface area contributed by atoms with Crippen LogP contribution in [0.3, 0.4) is 0 Å². The second kappa shape index (κ2) is 28.5. The number of fused-ring (bicyclic) bond motifs is 7. The van der Waals surface area contributed by atoms with Gasteiger partial charge in [0.15, 0.2) is 31.5 Å². The molecule has 32 nitrogen and oxygen atoms in total. The molecule has 11 rings (SSSR count). The lowest BCUT2D eigenvalue weighted by Gasteiger charge is -2.72. The number of allylic oxidation sites excluding steroid dienone is 1. The Bertz CT molecular complexity index is 2730. The van der Waals surface area contributed by atoms with Crippen molar-refractivity contribution in [3.63, 3.8) is 0 Å². The molecule has 0 bridgehead atoms. The number of carbonyl (C=O) groups is 1. The van der Waals surface area contributed by atoms with Crippen molar-refractivity contribution in [1.82, 2.24) is 0 Å². The first-order chi connectivity index (χ1) is 45.5. The molecule has 0 aromatic rings. The van der Waals surface area contributed by atoms with Gasteiger partial charge < -0.3 is 154 Å². The highest BCUT2D eigenvalue weighted by Gasteiger charge is 2.72. The lowest BCUT2D eigenvalue weighted by molar-refractivity contribution is -0.390. The quantitative estimate of drug-likeness (QED) is 0.0389. The SMILES string of the molecule is C[C@@H]1O[C@@H](O[C@H]2[C@H](O[C@H]3CC[C@]4(C)[C@H]5CC=C6[C@H]7[C@](C(=O)O[C@@H]8O[C@H](CO[C@@H]9O[C@H](CO)[C@@H](O)[C@H](O)[C@H]9O)[C@@H](O)[C@H](O)[C@H]8O)(CC[C@@H](C)[C@@]7(C)O)CC[C@@]6(C)[C@]5(C)CC[C@H]4C3(C)C)OC[C@H](O)[C@@H]2O)[C@H](O)[C@H](O[C@@H]2O[C@H](CO)[C@@H](O[C@@H]3O[C@H](CO)[C@@H](O)[C@H](O)[C@H]3O)[C@H](O)[C@H]2O)[C@H]1O. The van der Waals surface area contributed by atoms with Gasteiger partial charge in [0.2, 0.25) is 6.29 Å². The van der Waals surface area contributed by atoms with Crippen LogP contribution in [-0.4, -0.2) is 326 Å². The molecule has 97 heavy (non-hydrogen) atoms. The van der Waals surface area contributed by atoms with E-state index in [4.69, 9.17) is 56.8 Å². The Morgan fingerprint density at radius 2 is 1.03 bits per heavy atom. The second-order valence-corrected chi connectivity index (χ2v) is 31.1. The summed E-state index contributed by atoms with van der Waals surface area (Å²) in [6, 6.07) is 0. The highest BCUT2D eigenvalue weighted by Crippen LogP contribution is 2.76. The van der Waals surface area contributed by atoms with Crippen molar-refractivity contribution >= 4 is 5.97 Å². The molecule has 6 aliphatic heterocycles. The van der Waals surface area contributed by atoms with E-state index in [0.717, 1.165) is 18.4 Å². The molecule has 4 saturated carbocycles. The fourth-order valence-corrected chi connectivity index (χ4v) is 19.3. The zero-order chi connectivity index (χ0) is 70.9. The third-order valence-electron chi connectivity index (χ3n) is 25.6. The summed E-state index contributed by atoms with van der Waals surface area (Å²) in [6.07, 6.45) is -43.0. The Labute approximate surface area is 561 Å². The Morgan fingerprint density at radius 1 is 0.495 bits per heavy atom. The molecule has 558 valence electrons. The molecule has 0 unspecified atom stereocenters. The largest absolute Gasteiger partial charge is 0.432 e. The number of hydrogen-bond donors (Lipinski definition) is 19. The van der Waals surface area contributed by atoms with Crippen LogP contribution >= 0.6 is 0 Å². The van der Waals surface area contributed by atoms with Gasteiger partial charge in [-0.05, 0) is 111 Å². The summed E-state index contributed by atoms with van der Waals surface area (Å²) in [7, 11) is 0. The van der Waals surface area contributed by atoms with Crippen molar-refractivity contribution in [2.45, 2.75) is 303 Å². The van der Waals surface area contributed by atoms with Crippen molar-refractivity contribution in [2.75, 3.05) is 33.0 Å². The molecular formula is C65H106O32. The Kier molecular flexibility index (Phi) is 22.4. The van der Waals surface area contributed by atoms with Crippen LogP contribution in [0.5, 0.6) is 0 Å². The van der Waals surface area contributed by atoms with Gasteiger partial charge in [-0.1, -0.05) is 53.2 Å². The van der Waals surface area contributed by atoms with Gasteiger partial charge in [0.05, 0.1) is 56.3 Å². The lowest BCUT2D eigenvalue weighted by Crippen LogP contribution is -2.68. The average Bonchev–Trinajstić information content (AvgIpc) is 0.671. The zero-order valence-corrected chi connectivity index (χ0v) is 55.9. The average molecular weight is 1400 g/mol. The van der Waals surface area contributed by atoms with E-state index in [2.05, 4.69) is 40.7 Å². The van der Waals surface area contributed by atoms with Crippen LogP contribution in [-0.2, 0) is 61.6 Å². The van der Waals surface area contributed by atoms with E-state index in [9.17, 15) is 97.0 Å². The van der Waals surface area contributed by atoms with Gasteiger partial charge in [0.1, 0.15) is 134 Å². The minimum atomic E-state index is -2.05.